The van der Waals surface area contributed by atoms with Crippen molar-refractivity contribution in [2.45, 2.75) is 45.1 Å². The van der Waals surface area contributed by atoms with Gasteiger partial charge >= 0.3 is 0 Å². The molecular formula is C19H20ClN3O. The third kappa shape index (κ3) is 2.98. The van der Waals surface area contributed by atoms with Crippen molar-refractivity contribution < 1.29 is 4.74 Å². The quantitative estimate of drug-likeness (QED) is 0.622. The van der Waals surface area contributed by atoms with E-state index in [0.29, 0.717) is 11.1 Å². The van der Waals surface area contributed by atoms with Gasteiger partial charge in [0.15, 0.2) is 5.65 Å². The molecular weight excluding hydrogens is 322 g/mol. The Labute approximate surface area is 146 Å². The lowest BCUT2D eigenvalue weighted by molar-refractivity contribution is 0.131. The molecule has 1 aliphatic rings. The predicted molar refractivity (Wildman–Crippen MR) is 95.8 cm³/mol. The Bertz CT molecular complexity index is 907. The monoisotopic (exact) mass is 341 g/mol. The summed E-state index contributed by atoms with van der Waals surface area (Å²) in [7, 11) is 0. The molecule has 4 rings (SSSR count). The Balaban J connectivity index is 1.78. The molecule has 1 aromatic carbocycles. The Morgan fingerprint density at radius 2 is 2.00 bits per heavy atom. The van der Waals surface area contributed by atoms with Gasteiger partial charge < -0.3 is 4.74 Å². The van der Waals surface area contributed by atoms with E-state index in [-0.39, 0.29) is 5.60 Å². The number of benzene rings is 1. The van der Waals surface area contributed by atoms with Crippen molar-refractivity contribution in [3.8, 4) is 17.0 Å². The molecule has 0 N–H and O–H groups in total. The zero-order valence-electron chi connectivity index (χ0n) is 14.1. The fourth-order valence-electron chi connectivity index (χ4n) is 2.85. The number of halogens is 1. The molecule has 0 atom stereocenters. The average molecular weight is 342 g/mol. The van der Waals surface area contributed by atoms with E-state index in [9.17, 15) is 0 Å². The van der Waals surface area contributed by atoms with Crippen LogP contribution < -0.4 is 4.74 Å². The highest BCUT2D eigenvalue weighted by Gasteiger charge is 2.28. The lowest BCUT2D eigenvalue weighted by Crippen LogP contribution is -2.22. The fraction of sp³-hybridized carbons (Fsp3) is 0.368. The standard InChI is InChI=1S/C19H20ClN3O/c1-19(2,3)24-14-6-4-5-13(9-14)16-10-17(20)23-18(22-16)15(11-21-23)12-7-8-12/h4-6,9-12H,7-8H2,1-3H3. The van der Waals surface area contributed by atoms with Crippen LogP contribution in [0.5, 0.6) is 5.75 Å². The van der Waals surface area contributed by atoms with Gasteiger partial charge in [-0.2, -0.15) is 5.10 Å². The summed E-state index contributed by atoms with van der Waals surface area (Å²) in [6.45, 7) is 6.11. The number of ether oxygens (including phenoxy) is 1. The van der Waals surface area contributed by atoms with E-state index in [1.807, 2.05) is 57.3 Å². The number of fused-ring (bicyclic) bond motifs is 1. The van der Waals surface area contributed by atoms with E-state index in [1.165, 1.54) is 18.4 Å². The minimum atomic E-state index is -0.238. The minimum Gasteiger partial charge on any atom is -0.488 e. The molecule has 3 aromatic rings. The van der Waals surface area contributed by atoms with Crippen LogP contribution in [0.4, 0.5) is 0 Å². The molecule has 1 aliphatic carbocycles. The first-order chi connectivity index (χ1) is 11.4. The van der Waals surface area contributed by atoms with Crippen LogP contribution in [-0.4, -0.2) is 20.2 Å². The van der Waals surface area contributed by atoms with Crippen molar-refractivity contribution in [2.75, 3.05) is 0 Å². The second kappa shape index (κ2) is 5.49. The van der Waals surface area contributed by atoms with E-state index in [1.54, 1.807) is 4.52 Å². The lowest BCUT2D eigenvalue weighted by Gasteiger charge is -2.21. The summed E-state index contributed by atoms with van der Waals surface area (Å²) in [5.74, 6) is 1.41. The molecule has 5 heteroatoms. The molecule has 0 amide bonds. The largest absolute Gasteiger partial charge is 0.488 e. The van der Waals surface area contributed by atoms with Crippen molar-refractivity contribution in [3.63, 3.8) is 0 Å². The summed E-state index contributed by atoms with van der Waals surface area (Å²) in [4.78, 5) is 4.83. The van der Waals surface area contributed by atoms with Crippen molar-refractivity contribution in [3.05, 3.63) is 47.2 Å². The number of rotatable bonds is 3. The van der Waals surface area contributed by atoms with Crippen molar-refractivity contribution in [1.82, 2.24) is 14.6 Å². The van der Waals surface area contributed by atoms with Crippen LogP contribution >= 0.6 is 11.6 Å². The van der Waals surface area contributed by atoms with E-state index < -0.39 is 0 Å². The molecule has 4 nitrogen and oxygen atoms in total. The number of nitrogens with zero attached hydrogens (tertiary/aromatic N) is 3. The summed E-state index contributed by atoms with van der Waals surface area (Å²) in [6, 6.07) is 9.83. The topological polar surface area (TPSA) is 39.4 Å². The van der Waals surface area contributed by atoms with Crippen LogP contribution in [0.25, 0.3) is 16.9 Å². The Morgan fingerprint density at radius 3 is 2.71 bits per heavy atom. The first kappa shape index (κ1) is 15.5. The molecule has 0 saturated heterocycles. The van der Waals surface area contributed by atoms with Crippen molar-refractivity contribution in [2.24, 2.45) is 0 Å². The van der Waals surface area contributed by atoms with Gasteiger partial charge in [-0.3, -0.25) is 0 Å². The summed E-state index contributed by atoms with van der Waals surface area (Å²) in [5, 5.41) is 4.95. The molecule has 0 aliphatic heterocycles. The molecule has 1 fully saturated rings. The SMILES string of the molecule is CC(C)(C)Oc1cccc(-c2cc(Cl)n3ncc(C4CC4)c3n2)c1. The van der Waals surface area contributed by atoms with Crippen LogP contribution in [-0.2, 0) is 0 Å². The molecule has 1 saturated carbocycles. The first-order valence-electron chi connectivity index (χ1n) is 8.24. The van der Waals surface area contributed by atoms with Gasteiger partial charge in [-0.25, -0.2) is 9.50 Å². The summed E-state index contributed by atoms with van der Waals surface area (Å²) >= 11 is 6.43. The molecule has 124 valence electrons. The molecule has 2 aromatic heterocycles. The Hall–Kier alpha value is -2.07. The van der Waals surface area contributed by atoms with Crippen molar-refractivity contribution in [1.29, 1.82) is 0 Å². The number of hydrogen-bond donors (Lipinski definition) is 0. The molecule has 0 bridgehead atoms. The van der Waals surface area contributed by atoms with Gasteiger partial charge in [0.25, 0.3) is 0 Å². The Morgan fingerprint density at radius 1 is 1.21 bits per heavy atom. The Kier molecular flexibility index (Phi) is 3.53. The summed E-state index contributed by atoms with van der Waals surface area (Å²) in [6.07, 6.45) is 4.31. The maximum Gasteiger partial charge on any atom is 0.160 e. The van der Waals surface area contributed by atoms with Crippen LogP contribution in [0, 0.1) is 0 Å². The van der Waals surface area contributed by atoms with Gasteiger partial charge in [0.2, 0.25) is 0 Å². The minimum absolute atomic E-state index is 0.238. The molecule has 0 radical (unpaired) electrons. The van der Waals surface area contributed by atoms with Crippen molar-refractivity contribution >= 4 is 17.2 Å². The summed E-state index contributed by atoms with van der Waals surface area (Å²) < 4.78 is 7.68. The van der Waals surface area contributed by atoms with Crippen LogP contribution in [0.3, 0.4) is 0 Å². The predicted octanol–water partition coefficient (Wildman–Crippen LogP) is 5.10. The molecule has 0 unspecified atom stereocenters. The number of hydrogen-bond acceptors (Lipinski definition) is 3. The smallest absolute Gasteiger partial charge is 0.160 e. The van der Waals surface area contributed by atoms with E-state index in [4.69, 9.17) is 21.3 Å². The van der Waals surface area contributed by atoms with Gasteiger partial charge in [-0.05, 0) is 51.7 Å². The molecule has 24 heavy (non-hydrogen) atoms. The zero-order chi connectivity index (χ0) is 16.9. The first-order valence-corrected chi connectivity index (χ1v) is 8.62. The van der Waals surface area contributed by atoms with Gasteiger partial charge in [-0.15, -0.1) is 0 Å². The van der Waals surface area contributed by atoms with Gasteiger partial charge in [0.05, 0.1) is 11.9 Å². The lowest BCUT2D eigenvalue weighted by atomic mass is 10.1. The number of aromatic nitrogens is 3. The van der Waals surface area contributed by atoms with Crippen LogP contribution in [0.2, 0.25) is 5.15 Å². The van der Waals surface area contributed by atoms with Gasteiger partial charge in [-0.1, -0.05) is 23.7 Å². The highest BCUT2D eigenvalue weighted by Crippen LogP contribution is 2.42. The van der Waals surface area contributed by atoms with E-state index in [2.05, 4.69) is 5.10 Å². The van der Waals surface area contributed by atoms with Crippen LogP contribution in [0.1, 0.15) is 45.1 Å². The third-order valence-corrected chi connectivity index (χ3v) is 4.30. The molecule has 2 heterocycles. The zero-order valence-corrected chi connectivity index (χ0v) is 14.8. The normalized spacial score (nSPS) is 15.0. The van der Waals surface area contributed by atoms with Crippen LogP contribution in [0.15, 0.2) is 36.5 Å². The van der Waals surface area contributed by atoms with Gasteiger partial charge in [0, 0.05) is 17.2 Å². The average Bonchev–Trinajstić information content (AvgIpc) is 3.25. The fourth-order valence-corrected chi connectivity index (χ4v) is 3.07. The maximum absolute atomic E-state index is 6.43. The maximum atomic E-state index is 6.43. The van der Waals surface area contributed by atoms with E-state index >= 15 is 0 Å². The van der Waals surface area contributed by atoms with E-state index in [0.717, 1.165) is 22.7 Å². The third-order valence-electron chi connectivity index (χ3n) is 4.03. The molecule has 0 spiro atoms. The summed E-state index contributed by atoms with van der Waals surface area (Å²) in [5.41, 5.74) is 3.65. The highest BCUT2D eigenvalue weighted by molar-refractivity contribution is 6.30. The highest BCUT2D eigenvalue weighted by atomic mass is 35.5. The second-order valence-electron chi connectivity index (χ2n) is 7.32. The van der Waals surface area contributed by atoms with Gasteiger partial charge in [0.1, 0.15) is 16.5 Å². The second-order valence-corrected chi connectivity index (χ2v) is 7.70.